The summed E-state index contributed by atoms with van der Waals surface area (Å²) in [5.74, 6) is -0.329. The second-order valence-corrected chi connectivity index (χ2v) is 2.51. The molecule has 0 atom stereocenters. The molecule has 8 heteroatoms. The number of carboxylic acid groups (broad SMARTS) is 2. The molecule has 0 rings (SSSR count). The Morgan fingerprint density at radius 1 is 0.950 bits per heavy atom. The van der Waals surface area contributed by atoms with Crippen LogP contribution in [0.3, 0.4) is 0 Å². The minimum atomic E-state index is -1.26. The third-order valence-electron chi connectivity index (χ3n) is 0.899. The van der Waals surface area contributed by atoms with Crippen LogP contribution in [0.1, 0.15) is 6.92 Å². The van der Waals surface area contributed by atoms with Gasteiger partial charge in [-0.15, -0.1) is 0 Å². The van der Waals surface area contributed by atoms with Crippen molar-refractivity contribution in [3.05, 3.63) is 38.2 Å². The van der Waals surface area contributed by atoms with Gasteiger partial charge in [0.1, 0.15) is 13.2 Å². The molecule has 8 nitrogen and oxygen atoms in total. The molecule has 0 bridgehead atoms. The van der Waals surface area contributed by atoms with E-state index in [1.54, 1.807) is 0 Å². The van der Waals surface area contributed by atoms with Gasteiger partial charge in [-0.3, -0.25) is 4.79 Å². The Morgan fingerprint density at radius 2 is 1.30 bits per heavy atom. The van der Waals surface area contributed by atoms with Crippen LogP contribution in [-0.4, -0.2) is 41.7 Å². The molecule has 0 saturated carbocycles. The number of esters is 1. The summed E-state index contributed by atoms with van der Waals surface area (Å²) in [6.07, 6.45) is 1.31. The maximum atomic E-state index is 9.75. The summed E-state index contributed by atoms with van der Waals surface area (Å²) in [6.45, 7) is 11.1. The quantitative estimate of drug-likeness (QED) is 0.343. The van der Waals surface area contributed by atoms with E-state index in [2.05, 4.69) is 33.9 Å². The zero-order valence-electron chi connectivity index (χ0n) is 11.1. The van der Waals surface area contributed by atoms with Crippen LogP contribution in [0, 0.1) is 0 Å². The molecule has 0 heterocycles. The van der Waals surface area contributed by atoms with E-state index in [0.29, 0.717) is 0 Å². The first kappa shape index (κ1) is 22.4. The van der Waals surface area contributed by atoms with Gasteiger partial charge in [-0.2, -0.15) is 0 Å². The fourth-order valence-corrected chi connectivity index (χ4v) is 0.378. The number of rotatable bonds is 5. The standard InChI is InChI=1S/2C4H6O3.C4H6O2/c2*1-2-3-7-4(5)6;1-3-6-4(2)5/h2*2H,1,3H2,(H,5,6);3H,1H2,2H3. The Labute approximate surface area is 116 Å². The largest absolute Gasteiger partial charge is 0.506 e. The highest BCUT2D eigenvalue weighted by atomic mass is 16.7. The average Bonchev–Trinajstić information content (AvgIpc) is 2.35. The van der Waals surface area contributed by atoms with Crippen molar-refractivity contribution in [3.8, 4) is 0 Å². The van der Waals surface area contributed by atoms with Crippen molar-refractivity contribution < 1.29 is 38.8 Å². The van der Waals surface area contributed by atoms with Gasteiger partial charge in [0.25, 0.3) is 0 Å². The third kappa shape index (κ3) is 45.5. The molecule has 0 saturated heterocycles. The minimum absolute atomic E-state index is 0.0648. The molecule has 0 aliphatic carbocycles. The summed E-state index contributed by atoms with van der Waals surface area (Å²) in [5, 5.41) is 15.5. The molecule has 114 valence electrons. The lowest BCUT2D eigenvalue weighted by Gasteiger charge is -1.88. The third-order valence-corrected chi connectivity index (χ3v) is 0.899. The second-order valence-electron chi connectivity index (χ2n) is 2.51. The van der Waals surface area contributed by atoms with Crippen LogP contribution in [0.25, 0.3) is 0 Å². The van der Waals surface area contributed by atoms with Crippen molar-refractivity contribution in [3.63, 3.8) is 0 Å². The maximum Gasteiger partial charge on any atom is 0.506 e. The summed E-state index contributed by atoms with van der Waals surface area (Å²) in [6, 6.07) is 0. The van der Waals surface area contributed by atoms with Gasteiger partial charge >= 0.3 is 18.3 Å². The van der Waals surface area contributed by atoms with Crippen molar-refractivity contribution in [2.75, 3.05) is 13.2 Å². The van der Waals surface area contributed by atoms with E-state index in [1.807, 2.05) is 0 Å². The summed E-state index contributed by atoms with van der Waals surface area (Å²) >= 11 is 0. The summed E-state index contributed by atoms with van der Waals surface area (Å²) < 4.78 is 12.1. The van der Waals surface area contributed by atoms with Gasteiger partial charge in [-0.1, -0.05) is 31.9 Å². The number of carbonyl (C=O) groups excluding carboxylic acids is 1. The maximum absolute atomic E-state index is 9.75. The zero-order valence-corrected chi connectivity index (χ0v) is 11.1. The second kappa shape index (κ2) is 18.6. The molecule has 0 aliphatic rings. The van der Waals surface area contributed by atoms with E-state index in [4.69, 9.17) is 10.2 Å². The first-order valence-corrected chi connectivity index (χ1v) is 5.03. The van der Waals surface area contributed by atoms with Gasteiger partial charge in [0.2, 0.25) is 0 Å². The molecule has 0 radical (unpaired) electrons. The van der Waals surface area contributed by atoms with Crippen LogP contribution in [0.15, 0.2) is 38.2 Å². The minimum Gasteiger partial charge on any atom is -0.450 e. The zero-order chi connectivity index (χ0) is 16.4. The fourth-order valence-electron chi connectivity index (χ4n) is 0.378. The van der Waals surface area contributed by atoms with Crippen LogP contribution in [-0.2, 0) is 19.0 Å². The van der Waals surface area contributed by atoms with Crippen molar-refractivity contribution >= 4 is 18.3 Å². The molecule has 20 heavy (non-hydrogen) atoms. The molecule has 0 aliphatic heterocycles. The Hall–Kier alpha value is -2.77. The summed E-state index contributed by atoms with van der Waals surface area (Å²) in [7, 11) is 0. The lowest BCUT2D eigenvalue weighted by molar-refractivity contribution is -0.135. The molecule has 0 amide bonds. The smallest absolute Gasteiger partial charge is 0.450 e. The molecule has 0 fully saturated rings. The van der Waals surface area contributed by atoms with Crippen molar-refractivity contribution in [2.24, 2.45) is 0 Å². The molecule has 0 aromatic carbocycles. The Morgan fingerprint density at radius 3 is 1.35 bits per heavy atom. The van der Waals surface area contributed by atoms with Crippen LogP contribution in [0.4, 0.5) is 9.59 Å². The Kier molecular flexibility index (Phi) is 20.8. The van der Waals surface area contributed by atoms with E-state index in [1.165, 1.54) is 19.1 Å². The van der Waals surface area contributed by atoms with Crippen molar-refractivity contribution in [1.29, 1.82) is 0 Å². The van der Waals surface area contributed by atoms with E-state index in [9.17, 15) is 14.4 Å². The normalized spacial score (nSPS) is 7.25. The van der Waals surface area contributed by atoms with Gasteiger partial charge < -0.3 is 24.4 Å². The summed E-state index contributed by atoms with van der Waals surface area (Å²) in [5.41, 5.74) is 0. The average molecular weight is 290 g/mol. The van der Waals surface area contributed by atoms with Gasteiger partial charge in [-0.05, 0) is 0 Å². The highest BCUT2D eigenvalue weighted by Gasteiger charge is 1.88. The van der Waals surface area contributed by atoms with E-state index < -0.39 is 12.3 Å². The molecule has 2 N–H and O–H groups in total. The fraction of sp³-hybridized carbons (Fsp3) is 0.250. The highest BCUT2D eigenvalue weighted by molar-refractivity contribution is 5.66. The number of hydrogen-bond acceptors (Lipinski definition) is 6. The molecule has 0 spiro atoms. The molecule has 0 unspecified atom stereocenters. The highest BCUT2D eigenvalue weighted by Crippen LogP contribution is 1.74. The Bertz CT molecular complexity index is 299. The number of hydrogen-bond donors (Lipinski definition) is 2. The van der Waals surface area contributed by atoms with E-state index in [0.717, 1.165) is 6.26 Å². The molecular formula is C12H18O8. The first-order valence-electron chi connectivity index (χ1n) is 5.03. The number of carbonyl (C=O) groups is 3. The van der Waals surface area contributed by atoms with Gasteiger partial charge in [0.05, 0.1) is 6.26 Å². The topological polar surface area (TPSA) is 119 Å². The SMILES string of the molecule is C=CCOC(=O)O.C=CCOC(=O)O.C=COC(C)=O. The first-order chi connectivity index (χ1) is 9.31. The van der Waals surface area contributed by atoms with Crippen molar-refractivity contribution in [2.45, 2.75) is 6.92 Å². The summed E-state index contributed by atoms with van der Waals surface area (Å²) in [4.78, 5) is 28.7. The lowest BCUT2D eigenvalue weighted by atomic mass is 10.7. The molecule has 0 aromatic rings. The van der Waals surface area contributed by atoms with Crippen LogP contribution in [0.2, 0.25) is 0 Å². The van der Waals surface area contributed by atoms with E-state index >= 15 is 0 Å². The monoisotopic (exact) mass is 290 g/mol. The predicted molar refractivity (Wildman–Crippen MR) is 70.3 cm³/mol. The Balaban J connectivity index is -0.000000218. The lowest BCUT2D eigenvalue weighted by Crippen LogP contribution is -1.98. The van der Waals surface area contributed by atoms with Crippen molar-refractivity contribution in [1.82, 2.24) is 0 Å². The van der Waals surface area contributed by atoms with E-state index in [-0.39, 0.29) is 19.2 Å². The number of ether oxygens (including phenoxy) is 3. The molecular weight excluding hydrogens is 272 g/mol. The van der Waals surface area contributed by atoms with Crippen LogP contribution in [0.5, 0.6) is 0 Å². The molecule has 0 aromatic heterocycles. The van der Waals surface area contributed by atoms with Gasteiger partial charge in [-0.25, -0.2) is 9.59 Å². The van der Waals surface area contributed by atoms with Crippen LogP contribution >= 0.6 is 0 Å². The van der Waals surface area contributed by atoms with Gasteiger partial charge in [0, 0.05) is 6.92 Å². The van der Waals surface area contributed by atoms with Gasteiger partial charge in [0.15, 0.2) is 0 Å². The van der Waals surface area contributed by atoms with Crippen LogP contribution < -0.4 is 0 Å². The predicted octanol–water partition coefficient (Wildman–Crippen LogP) is 2.43.